The first kappa shape index (κ1) is 29.5. The van der Waals surface area contributed by atoms with Crippen LogP contribution in [0.3, 0.4) is 0 Å². The number of carbonyl (C=O) groups is 1. The van der Waals surface area contributed by atoms with Gasteiger partial charge in [-0.25, -0.2) is 19.7 Å². The van der Waals surface area contributed by atoms with Crippen LogP contribution in [0.4, 0.5) is 5.95 Å². The lowest BCUT2D eigenvalue weighted by Gasteiger charge is -2.12. The molecular weight excluding hydrogens is 540 g/mol. The maximum atomic E-state index is 10.3. The lowest BCUT2D eigenvalue weighted by molar-refractivity contribution is 0.0696. The zero-order valence-electron chi connectivity index (χ0n) is 20.6. The third-order valence-corrected chi connectivity index (χ3v) is 6.84. The summed E-state index contributed by atoms with van der Waals surface area (Å²) in [7, 11) is 0. The Morgan fingerprint density at radius 3 is 2.62 bits per heavy atom. The number of thiazole rings is 1. The van der Waals surface area contributed by atoms with Gasteiger partial charge in [0.15, 0.2) is 4.96 Å². The summed E-state index contributed by atoms with van der Waals surface area (Å²) in [6.45, 7) is 1.93. The van der Waals surface area contributed by atoms with Crippen molar-refractivity contribution in [2.24, 2.45) is 0 Å². The zero-order chi connectivity index (χ0) is 25.8. The van der Waals surface area contributed by atoms with E-state index in [4.69, 9.17) is 15.1 Å². The first-order valence-corrected chi connectivity index (χ1v) is 12.9. The number of rotatable bonds is 5. The summed E-state index contributed by atoms with van der Waals surface area (Å²) in [5, 5.41) is 27.1. The third kappa shape index (κ3) is 6.90. The van der Waals surface area contributed by atoms with Crippen LogP contribution in [0.2, 0.25) is 0 Å². The summed E-state index contributed by atoms with van der Waals surface area (Å²) in [6, 6.07) is 15.7. The molecule has 1 aliphatic heterocycles. The summed E-state index contributed by atoms with van der Waals surface area (Å²) >= 11 is 5.58. The molecule has 0 spiro atoms. The van der Waals surface area contributed by atoms with Gasteiger partial charge < -0.3 is 31.8 Å². The number of carboxylic acid groups (broad SMARTS) is 1. The average molecular weight is 569 g/mol. The van der Waals surface area contributed by atoms with Crippen molar-refractivity contribution in [3.05, 3.63) is 77.9 Å². The predicted molar refractivity (Wildman–Crippen MR) is 154 cm³/mol. The highest BCUT2D eigenvalue weighted by atomic mass is 32.1. The van der Waals surface area contributed by atoms with E-state index < -0.39 is 5.97 Å². The minimum absolute atomic E-state index is 0. The Bertz CT molecular complexity index is 1530. The fraction of sp³-hybridized carbons (Fsp3) is 0.154. The van der Waals surface area contributed by atoms with E-state index in [-0.39, 0.29) is 22.3 Å². The minimum atomic E-state index is -0.909. The maximum absolute atomic E-state index is 10.3. The number of fused-ring (bicyclic) bond motifs is 1. The number of aromatic hydroxyl groups is 1. The molecular formula is C26H28N6O5S2. The standard InChI is InChI=1S/C19H18N6OS.C7H6O2S.2H2O/c26-14-3-1-2-12(10-14)16-17(25-8-9-27-19(25)24-16)15-5-7-21-18(23-15)22-13-4-6-20-11-13;8-7(9)5-1-3-6(10)4-2-5;;/h1-3,5,7-10,13,20,26H,4,6,11H2,(H,21,22,23);1-4,10H,(H,8,9);2*1H2/t13-;;;/m1.../s1. The Hall–Kier alpha value is -4.01. The molecule has 0 unspecified atom stereocenters. The van der Waals surface area contributed by atoms with Crippen molar-refractivity contribution in [1.82, 2.24) is 24.7 Å². The minimum Gasteiger partial charge on any atom is -0.508 e. The molecule has 6 rings (SSSR count). The Morgan fingerprint density at radius 1 is 1.13 bits per heavy atom. The number of anilines is 1. The van der Waals surface area contributed by atoms with Crippen LogP contribution < -0.4 is 10.6 Å². The number of carboxylic acids is 1. The van der Waals surface area contributed by atoms with E-state index in [0.717, 1.165) is 52.0 Å². The van der Waals surface area contributed by atoms with E-state index in [0.29, 0.717) is 12.0 Å². The number of nitrogens with zero attached hydrogens (tertiary/aromatic N) is 4. The molecule has 13 heteroatoms. The van der Waals surface area contributed by atoms with Crippen LogP contribution in [0.15, 0.2) is 77.3 Å². The van der Waals surface area contributed by atoms with Crippen molar-refractivity contribution in [2.75, 3.05) is 18.4 Å². The number of hydrogen-bond acceptors (Lipinski definition) is 9. The highest BCUT2D eigenvalue weighted by Gasteiger charge is 2.20. The van der Waals surface area contributed by atoms with Crippen LogP contribution in [-0.4, -0.2) is 65.6 Å². The maximum Gasteiger partial charge on any atom is 0.335 e. The number of aromatic carboxylic acids is 1. The van der Waals surface area contributed by atoms with Crippen LogP contribution in [-0.2, 0) is 0 Å². The van der Waals surface area contributed by atoms with Crippen molar-refractivity contribution in [2.45, 2.75) is 17.4 Å². The molecule has 204 valence electrons. The van der Waals surface area contributed by atoms with Gasteiger partial charge in [-0.05, 0) is 55.4 Å². The second-order valence-electron chi connectivity index (χ2n) is 8.37. The molecule has 0 bridgehead atoms. The second-order valence-corrected chi connectivity index (χ2v) is 9.76. The molecule has 4 heterocycles. The molecule has 1 atom stereocenters. The van der Waals surface area contributed by atoms with Crippen molar-refractivity contribution >= 4 is 40.8 Å². The molecule has 0 amide bonds. The Kier molecular flexibility index (Phi) is 9.98. The van der Waals surface area contributed by atoms with Crippen LogP contribution in [0, 0.1) is 0 Å². The van der Waals surface area contributed by atoms with Gasteiger partial charge in [0, 0.05) is 40.8 Å². The van der Waals surface area contributed by atoms with E-state index in [2.05, 4.69) is 28.2 Å². The van der Waals surface area contributed by atoms with Gasteiger partial charge in [0.2, 0.25) is 5.95 Å². The Morgan fingerprint density at radius 2 is 1.92 bits per heavy atom. The highest BCUT2D eigenvalue weighted by Crippen LogP contribution is 2.34. The van der Waals surface area contributed by atoms with Gasteiger partial charge in [-0.2, -0.15) is 0 Å². The Balaban J connectivity index is 0.000000300. The normalized spacial score (nSPS) is 14.0. The summed E-state index contributed by atoms with van der Waals surface area (Å²) < 4.78 is 2.04. The van der Waals surface area contributed by atoms with Gasteiger partial charge in [0.25, 0.3) is 0 Å². The van der Waals surface area contributed by atoms with Crippen molar-refractivity contribution in [1.29, 1.82) is 0 Å². The van der Waals surface area contributed by atoms with Gasteiger partial charge in [0.05, 0.1) is 17.0 Å². The molecule has 1 aliphatic rings. The van der Waals surface area contributed by atoms with Crippen molar-refractivity contribution < 1.29 is 26.0 Å². The zero-order valence-corrected chi connectivity index (χ0v) is 22.3. The summed E-state index contributed by atoms with van der Waals surface area (Å²) in [5.41, 5.74) is 3.63. The molecule has 0 saturated carbocycles. The molecule has 1 fully saturated rings. The number of hydrogen-bond donors (Lipinski definition) is 5. The average Bonchev–Trinajstić information content (AvgIpc) is 3.63. The summed E-state index contributed by atoms with van der Waals surface area (Å²) in [5.74, 6) is -0.0739. The molecule has 2 aromatic carbocycles. The Labute approximate surface area is 233 Å². The second kappa shape index (κ2) is 13.2. The predicted octanol–water partition coefficient (Wildman–Crippen LogP) is 3.02. The van der Waals surface area contributed by atoms with Crippen molar-refractivity contribution in [3.8, 4) is 28.4 Å². The third-order valence-electron chi connectivity index (χ3n) is 5.79. The van der Waals surface area contributed by atoms with E-state index in [1.165, 1.54) is 12.1 Å². The fourth-order valence-corrected chi connectivity index (χ4v) is 4.87. The smallest absolute Gasteiger partial charge is 0.335 e. The molecule has 5 aromatic rings. The van der Waals surface area contributed by atoms with Gasteiger partial charge >= 0.3 is 5.97 Å². The van der Waals surface area contributed by atoms with E-state index >= 15 is 0 Å². The molecule has 39 heavy (non-hydrogen) atoms. The topological polar surface area (TPSA) is 188 Å². The van der Waals surface area contributed by atoms with Crippen LogP contribution in [0.5, 0.6) is 5.75 Å². The van der Waals surface area contributed by atoms with E-state index in [1.807, 2.05) is 34.2 Å². The first-order chi connectivity index (χ1) is 18.0. The van der Waals surface area contributed by atoms with E-state index in [1.54, 1.807) is 41.8 Å². The fourth-order valence-electron chi connectivity index (χ4n) is 4.01. The molecule has 0 radical (unpaired) electrons. The number of thiol groups is 1. The SMILES string of the molecule is O.O.O=C(O)c1ccc(S)cc1.Oc1cccc(-c2nc3sccn3c2-c2ccnc(N[C@@H]3CCNC3)n2)c1. The van der Waals surface area contributed by atoms with Gasteiger partial charge in [-0.1, -0.05) is 12.1 Å². The lowest BCUT2D eigenvalue weighted by Crippen LogP contribution is -2.23. The monoisotopic (exact) mass is 568 g/mol. The largest absolute Gasteiger partial charge is 0.508 e. The highest BCUT2D eigenvalue weighted by molar-refractivity contribution is 7.80. The summed E-state index contributed by atoms with van der Waals surface area (Å²) in [6.07, 6.45) is 4.82. The lowest BCUT2D eigenvalue weighted by atomic mass is 10.1. The number of aromatic nitrogens is 4. The molecule has 11 nitrogen and oxygen atoms in total. The van der Waals surface area contributed by atoms with Gasteiger partial charge in [-0.3, -0.25) is 4.40 Å². The number of nitrogens with one attached hydrogen (secondary N) is 2. The van der Waals surface area contributed by atoms with Crippen LogP contribution >= 0.6 is 24.0 Å². The quantitative estimate of drug-likeness (QED) is 0.200. The van der Waals surface area contributed by atoms with Gasteiger partial charge in [0.1, 0.15) is 11.4 Å². The number of phenolic OH excluding ortho intramolecular Hbond substituents is 1. The molecule has 0 aliphatic carbocycles. The number of phenols is 1. The molecule has 1 saturated heterocycles. The van der Waals surface area contributed by atoms with Crippen LogP contribution in [0.25, 0.3) is 27.6 Å². The van der Waals surface area contributed by atoms with Gasteiger partial charge in [-0.15, -0.1) is 24.0 Å². The van der Waals surface area contributed by atoms with Crippen LogP contribution in [0.1, 0.15) is 16.8 Å². The van der Waals surface area contributed by atoms with E-state index in [9.17, 15) is 9.90 Å². The number of imidazole rings is 1. The first-order valence-electron chi connectivity index (χ1n) is 11.6. The molecule has 3 aromatic heterocycles. The molecule has 8 N–H and O–H groups in total. The summed E-state index contributed by atoms with van der Waals surface area (Å²) in [4.78, 5) is 25.8. The number of benzene rings is 2. The van der Waals surface area contributed by atoms with Crippen molar-refractivity contribution in [3.63, 3.8) is 0 Å².